The van der Waals surface area contributed by atoms with Gasteiger partial charge in [0.2, 0.25) is 0 Å². The zero-order valence-corrected chi connectivity index (χ0v) is 28.2. The van der Waals surface area contributed by atoms with Crippen LogP contribution in [0.1, 0.15) is 35.2 Å². The van der Waals surface area contributed by atoms with Gasteiger partial charge in [-0.3, -0.25) is 4.79 Å². The number of nitrogens with one attached hydrogen (secondary N) is 3. The molecule has 244 valence electrons. The number of nitriles is 1. The Kier molecular flexibility index (Phi) is 12.0. The fraction of sp³-hybridized carbons (Fsp3) is 0.242. The highest BCUT2D eigenvalue weighted by atomic mass is 127. The van der Waals surface area contributed by atoms with Crippen molar-refractivity contribution < 1.29 is 38.1 Å². The molecule has 0 unspecified atom stereocenters. The number of amides is 3. The third-order valence-corrected chi connectivity index (χ3v) is 7.76. The molecule has 1 aliphatic heterocycles. The summed E-state index contributed by atoms with van der Waals surface area (Å²) in [6, 6.07) is 16.7. The Hall–Kier alpha value is -5.30. The van der Waals surface area contributed by atoms with Crippen LogP contribution in [-0.2, 0) is 27.4 Å². The van der Waals surface area contributed by atoms with Gasteiger partial charge in [0, 0.05) is 23.9 Å². The summed E-state index contributed by atoms with van der Waals surface area (Å²) in [5, 5.41) is 18.6. The maximum atomic E-state index is 12.4. The van der Waals surface area contributed by atoms with Crippen LogP contribution < -0.4 is 35.0 Å². The minimum atomic E-state index is -0.782. The van der Waals surface area contributed by atoms with Gasteiger partial charge in [-0.15, -0.1) is 0 Å². The normalized spacial score (nSPS) is 14.0. The van der Waals surface area contributed by atoms with Gasteiger partial charge in [0.25, 0.3) is 5.91 Å². The number of rotatable bonds is 13. The highest BCUT2D eigenvalue weighted by Gasteiger charge is 2.32. The van der Waals surface area contributed by atoms with Crippen molar-refractivity contribution in [2.75, 3.05) is 27.9 Å². The maximum absolute atomic E-state index is 12.4. The van der Waals surface area contributed by atoms with E-state index in [1.54, 1.807) is 50.6 Å². The van der Waals surface area contributed by atoms with Crippen LogP contribution in [0, 0.1) is 14.9 Å². The van der Waals surface area contributed by atoms with Crippen molar-refractivity contribution in [3.05, 3.63) is 91.7 Å². The van der Waals surface area contributed by atoms with Crippen molar-refractivity contribution >= 4 is 46.7 Å². The summed E-state index contributed by atoms with van der Waals surface area (Å²) in [4.78, 5) is 36.9. The predicted octanol–water partition coefficient (Wildman–Crippen LogP) is 4.28. The van der Waals surface area contributed by atoms with Crippen LogP contribution in [0.3, 0.4) is 0 Å². The van der Waals surface area contributed by atoms with Crippen molar-refractivity contribution in [1.82, 2.24) is 16.1 Å². The second-order valence-corrected chi connectivity index (χ2v) is 11.1. The average molecular weight is 754 g/mol. The SMILES string of the molecule is COC(=O)C1=C(C)NC(=O)N[C@@H]1c1ccc(OCC(=O)N/N=C\Cc2cc(I)c(OCc3ccccc3C#N)c(OC)c2)c(OC)c1. The summed E-state index contributed by atoms with van der Waals surface area (Å²) in [5.41, 5.74) is 5.79. The Balaban J connectivity index is 1.33. The summed E-state index contributed by atoms with van der Waals surface area (Å²) < 4.78 is 28.3. The second kappa shape index (κ2) is 16.3. The van der Waals surface area contributed by atoms with E-state index in [0.717, 1.165) is 14.7 Å². The zero-order valence-electron chi connectivity index (χ0n) is 26.0. The van der Waals surface area contributed by atoms with Gasteiger partial charge in [-0.05, 0) is 71.0 Å². The van der Waals surface area contributed by atoms with E-state index in [1.165, 1.54) is 14.2 Å². The predicted molar refractivity (Wildman–Crippen MR) is 179 cm³/mol. The Morgan fingerprint density at radius 1 is 1.04 bits per heavy atom. The first-order valence-corrected chi connectivity index (χ1v) is 15.2. The molecule has 0 radical (unpaired) electrons. The molecule has 3 aromatic rings. The molecule has 3 aromatic carbocycles. The van der Waals surface area contributed by atoms with Gasteiger partial charge in [0.05, 0.1) is 48.1 Å². The molecule has 1 aliphatic rings. The zero-order chi connectivity index (χ0) is 33.9. The molecule has 1 heterocycles. The Morgan fingerprint density at radius 3 is 2.53 bits per heavy atom. The first-order valence-electron chi connectivity index (χ1n) is 14.1. The van der Waals surface area contributed by atoms with Gasteiger partial charge in [0.1, 0.15) is 6.61 Å². The number of esters is 1. The van der Waals surface area contributed by atoms with E-state index in [0.29, 0.717) is 40.5 Å². The number of urea groups is 1. The van der Waals surface area contributed by atoms with E-state index < -0.39 is 23.9 Å². The largest absolute Gasteiger partial charge is 0.493 e. The van der Waals surface area contributed by atoms with Crippen LogP contribution in [0.2, 0.25) is 0 Å². The van der Waals surface area contributed by atoms with E-state index in [9.17, 15) is 19.6 Å². The van der Waals surface area contributed by atoms with Gasteiger partial charge in [-0.25, -0.2) is 15.0 Å². The third kappa shape index (κ3) is 8.70. The average Bonchev–Trinajstić information content (AvgIpc) is 3.07. The highest BCUT2D eigenvalue weighted by Crippen LogP contribution is 2.36. The van der Waals surface area contributed by atoms with Gasteiger partial charge in [-0.2, -0.15) is 10.4 Å². The number of carbonyl (C=O) groups excluding carboxylic acids is 3. The lowest BCUT2D eigenvalue weighted by Gasteiger charge is -2.28. The lowest BCUT2D eigenvalue weighted by molar-refractivity contribution is -0.136. The standard InChI is InChI=1S/C33H32IN5O8/c1-19-29(32(41)45-4)30(38-33(42)37-19)21-9-10-25(26(15-21)43-2)46-18-28(40)39-36-12-11-20-13-24(34)31(27(14-20)44-3)47-17-23-8-6-5-7-22(23)16-35/h5-10,12-15,30H,11,17-18H2,1-4H3,(H,39,40)(H2,37,38,42)/b36-12-/t30-/m1/s1. The Labute approximate surface area is 285 Å². The summed E-state index contributed by atoms with van der Waals surface area (Å²) in [7, 11) is 4.24. The molecular formula is C33H32IN5O8. The molecular weight excluding hydrogens is 721 g/mol. The number of halogens is 1. The second-order valence-electron chi connectivity index (χ2n) is 9.98. The number of carbonyl (C=O) groups is 3. The number of benzene rings is 3. The van der Waals surface area contributed by atoms with Crippen molar-refractivity contribution in [3.63, 3.8) is 0 Å². The number of hydrogen-bond donors (Lipinski definition) is 3. The van der Waals surface area contributed by atoms with E-state index >= 15 is 0 Å². The number of methoxy groups -OCH3 is 3. The summed E-state index contributed by atoms with van der Waals surface area (Å²) >= 11 is 2.16. The molecule has 47 heavy (non-hydrogen) atoms. The number of hydrogen-bond acceptors (Lipinski definition) is 10. The molecule has 0 saturated heterocycles. The minimum Gasteiger partial charge on any atom is -0.493 e. The Bertz CT molecular complexity index is 1770. The number of nitrogens with zero attached hydrogens (tertiary/aromatic N) is 2. The highest BCUT2D eigenvalue weighted by molar-refractivity contribution is 14.1. The van der Waals surface area contributed by atoms with Crippen LogP contribution >= 0.6 is 22.6 Å². The molecule has 3 amide bonds. The summed E-state index contributed by atoms with van der Waals surface area (Å²) in [6.45, 7) is 1.47. The molecule has 13 nitrogen and oxygen atoms in total. The van der Waals surface area contributed by atoms with E-state index in [2.05, 4.69) is 49.8 Å². The molecule has 1 atom stereocenters. The third-order valence-electron chi connectivity index (χ3n) is 6.96. The quantitative estimate of drug-likeness (QED) is 0.0999. The molecule has 0 aromatic heterocycles. The molecule has 14 heteroatoms. The van der Waals surface area contributed by atoms with Crippen LogP contribution in [0.25, 0.3) is 0 Å². The lowest BCUT2D eigenvalue weighted by Crippen LogP contribution is -2.45. The number of hydrazone groups is 1. The first-order chi connectivity index (χ1) is 22.7. The van der Waals surface area contributed by atoms with Crippen molar-refractivity contribution in [2.24, 2.45) is 5.10 Å². The molecule has 3 N–H and O–H groups in total. The van der Waals surface area contributed by atoms with Gasteiger partial charge < -0.3 is 34.3 Å². The monoisotopic (exact) mass is 753 g/mol. The molecule has 0 aliphatic carbocycles. The van der Waals surface area contributed by atoms with Gasteiger partial charge in [0.15, 0.2) is 29.6 Å². The van der Waals surface area contributed by atoms with Gasteiger partial charge in [-0.1, -0.05) is 24.3 Å². The first kappa shape index (κ1) is 34.6. The minimum absolute atomic E-state index is 0.213. The molecule has 4 rings (SSSR count). The van der Waals surface area contributed by atoms with Crippen LogP contribution in [-0.4, -0.2) is 52.1 Å². The smallest absolute Gasteiger partial charge is 0.337 e. The maximum Gasteiger partial charge on any atom is 0.337 e. The van der Waals surface area contributed by atoms with Crippen molar-refractivity contribution in [2.45, 2.75) is 26.0 Å². The topological polar surface area (TPSA) is 170 Å². The fourth-order valence-corrected chi connectivity index (χ4v) is 5.51. The van der Waals surface area contributed by atoms with Crippen molar-refractivity contribution in [1.29, 1.82) is 5.26 Å². The van der Waals surface area contributed by atoms with Crippen LogP contribution in [0.15, 0.2) is 71.0 Å². The lowest BCUT2D eigenvalue weighted by atomic mass is 9.95. The number of allylic oxidation sites excluding steroid dienone is 1. The van der Waals surface area contributed by atoms with Crippen molar-refractivity contribution in [3.8, 4) is 29.1 Å². The van der Waals surface area contributed by atoms with E-state index in [1.807, 2.05) is 24.3 Å². The van der Waals surface area contributed by atoms with Gasteiger partial charge >= 0.3 is 12.0 Å². The molecule has 0 bridgehead atoms. The van der Waals surface area contributed by atoms with Crippen LogP contribution in [0.4, 0.5) is 4.79 Å². The van der Waals surface area contributed by atoms with E-state index in [4.69, 9.17) is 23.7 Å². The summed E-state index contributed by atoms with van der Waals surface area (Å²) in [5.74, 6) is 0.563. The van der Waals surface area contributed by atoms with E-state index in [-0.39, 0.29) is 24.5 Å². The molecule has 0 saturated carbocycles. The van der Waals surface area contributed by atoms with Crippen LogP contribution in [0.5, 0.6) is 23.0 Å². The molecule has 0 spiro atoms. The summed E-state index contributed by atoms with van der Waals surface area (Å²) in [6.07, 6.45) is 1.94. The molecule has 0 fully saturated rings. The Morgan fingerprint density at radius 2 is 1.81 bits per heavy atom. The fourth-order valence-electron chi connectivity index (χ4n) is 4.69. The number of ether oxygens (including phenoxy) is 5.